The minimum Gasteiger partial charge on any atom is -0.369 e. The van der Waals surface area contributed by atoms with Gasteiger partial charge < -0.3 is 20.3 Å². The van der Waals surface area contributed by atoms with Crippen LogP contribution in [0.2, 0.25) is 0 Å². The Kier molecular flexibility index (Phi) is 5.31. The third kappa shape index (κ3) is 3.38. The van der Waals surface area contributed by atoms with E-state index in [1.54, 1.807) is 17.1 Å². The molecule has 0 aliphatic carbocycles. The fourth-order valence-corrected chi connectivity index (χ4v) is 5.07. The number of fused-ring (bicyclic) bond motifs is 1. The number of carbonyl (C=O) groups excluding carboxylic acids is 2. The monoisotopic (exact) mass is 389 g/mol. The molecule has 8 nitrogen and oxygen atoms in total. The van der Waals surface area contributed by atoms with Gasteiger partial charge in [-0.25, -0.2) is 4.79 Å². The van der Waals surface area contributed by atoms with E-state index in [2.05, 4.69) is 22.7 Å². The first kappa shape index (κ1) is 19.2. The Morgan fingerprint density at radius 1 is 1.36 bits per heavy atom. The number of likely N-dealkylation sites (tertiary alicyclic amines) is 1. The zero-order valence-electron chi connectivity index (χ0n) is 16.8. The van der Waals surface area contributed by atoms with E-state index in [-0.39, 0.29) is 29.6 Å². The number of rotatable bonds is 7. The molecule has 3 saturated heterocycles. The summed E-state index contributed by atoms with van der Waals surface area (Å²) in [6.45, 7) is 7.53. The lowest BCUT2D eigenvalue weighted by Gasteiger charge is -2.29. The molecule has 2 N–H and O–H groups in total. The summed E-state index contributed by atoms with van der Waals surface area (Å²) in [6, 6.07) is 0.0130. The molecule has 28 heavy (non-hydrogen) atoms. The van der Waals surface area contributed by atoms with Gasteiger partial charge in [-0.15, -0.1) is 0 Å². The highest BCUT2D eigenvalue weighted by atomic mass is 16.5. The van der Waals surface area contributed by atoms with Gasteiger partial charge in [0, 0.05) is 44.2 Å². The average Bonchev–Trinajstić information content (AvgIpc) is 3.45. The van der Waals surface area contributed by atoms with Crippen LogP contribution in [0.15, 0.2) is 12.4 Å². The van der Waals surface area contributed by atoms with E-state index < -0.39 is 0 Å². The normalized spacial score (nSPS) is 30.5. The van der Waals surface area contributed by atoms with Gasteiger partial charge in [-0.2, -0.15) is 5.10 Å². The molecule has 3 aliphatic rings. The number of aryl methyl sites for hydroxylation is 1. The van der Waals surface area contributed by atoms with Crippen molar-refractivity contribution in [2.24, 2.45) is 11.8 Å². The van der Waals surface area contributed by atoms with Crippen molar-refractivity contribution in [3.05, 3.63) is 18.0 Å². The van der Waals surface area contributed by atoms with Crippen molar-refractivity contribution in [2.45, 2.75) is 57.8 Å². The molecule has 3 aliphatic heterocycles. The zero-order valence-corrected chi connectivity index (χ0v) is 16.8. The predicted octanol–water partition coefficient (Wildman–Crippen LogP) is 1.62. The van der Waals surface area contributed by atoms with Crippen LogP contribution in [-0.4, -0.2) is 64.5 Å². The molecule has 0 saturated carbocycles. The van der Waals surface area contributed by atoms with Gasteiger partial charge in [-0.3, -0.25) is 9.48 Å². The third-order valence-corrected chi connectivity index (χ3v) is 6.60. The molecule has 4 rings (SSSR count). The van der Waals surface area contributed by atoms with E-state index in [0.29, 0.717) is 31.1 Å². The lowest BCUT2D eigenvalue weighted by molar-refractivity contribution is 0.00554. The Labute approximate surface area is 166 Å². The van der Waals surface area contributed by atoms with Crippen LogP contribution < -0.4 is 10.6 Å². The van der Waals surface area contributed by atoms with Crippen LogP contribution in [0.3, 0.4) is 0 Å². The first-order valence-electron chi connectivity index (χ1n) is 10.6. The van der Waals surface area contributed by atoms with Crippen LogP contribution in [0.25, 0.3) is 0 Å². The highest BCUT2D eigenvalue weighted by Gasteiger charge is 2.63. The number of hydrogen-bond acceptors (Lipinski definition) is 4. The number of amides is 3. The summed E-state index contributed by atoms with van der Waals surface area (Å²) < 4.78 is 8.12. The Hall–Kier alpha value is -2.09. The number of nitrogens with zero attached hydrogens (tertiary/aromatic N) is 3. The van der Waals surface area contributed by atoms with Crippen molar-refractivity contribution >= 4 is 11.9 Å². The fraction of sp³-hybridized carbons (Fsp3) is 0.750. The summed E-state index contributed by atoms with van der Waals surface area (Å²) in [5.74, 6) is 0.456. The van der Waals surface area contributed by atoms with E-state index in [4.69, 9.17) is 4.74 Å². The molecule has 8 heteroatoms. The molecule has 2 bridgehead atoms. The van der Waals surface area contributed by atoms with Crippen molar-refractivity contribution in [1.82, 2.24) is 25.3 Å². The van der Waals surface area contributed by atoms with E-state index >= 15 is 0 Å². The average molecular weight is 390 g/mol. The number of carbonyl (C=O) groups is 2. The Bertz CT molecular complexity index is 735. The smallest absolute Gasteiger partial charge is 0.317 e. The van der Waals surface area contributed by atoms with E-state index in [1.165, 1.54) is 0 Å². The van der Waals surface area contributed by atoms with Gasteiger partial charge in [-0.05, 0) is 26.2 Å². The second-order valence-electron chi connectivity index (χ2n) is 8.29. The van der Waals surface area contributed by atoms with Crippen LogP contribution in [0.1, 0.15) is 49.9 Å². The van der Waals surface area contributed by atoms with Crippen molar-refractivity contribution in [3.8, 4) is 0 Å². The van der Waals surface area contributed by atoms with Gasteiger partial charge in [0.1, 0.15) is 0 Å². The van der Waals surface area contributed by atoms with Crippen LogP contribution in [0.5, 0.6) is 0 Å². The minimum absolute atomic E-state index is 0.0130. The summed E-state index contributed by atoms with van der Waals surface area (Å²) in [7, 11) is 0. The number of hydrogen-bond donors (Lipinski definition) is 2. The van der Waals surface area contributed by atoms with Crippen LogP contribution in [0, 0.1) is 11.8 Å². The molecule has 0 radical (unpaired) electrons. The lowest BCUT2D eigenvalue weighted by atomic mass is 9.73. The first-order valence-corrected chi connectivity index (χ1v) is 10.6. The first-order chi connectivity index (χ1) is 13.6. The maximum atomic E-state index is 12.5. The number of ether oxygens (including phenoxy) is 1. The molecule has 1 spiro atoms. The van der Waals surface area contributed by atoms with Crippen LogP contribution in [0.4, 0.5) is 4.79 Å². The molecule has 3 amide bonds. The van der Waals surface area contributed by atoms with E-state index in [1.807, 2.05) is 11.8 Å². The summed E-state index contributed by atoms with van der Waals surface area (Å²) in [4.78, 5) is 26.9. The molecule has 4 heterocycles. The summed E-state index contributed by atoms with van der Waals surface area (Å²) in [6.07, 6.45) is 7.65. The van der Waals surface area contributed by atoms with Gasteiger partial charge in [0.2, 0.25) is 0 Å². The fourth-order valence-electron chi connectivity index (χ4n) is 5.07. The van der Waals surface area contributed by atoms with Crippen LogP contribution >= 0.6 is 0 Å². The molecule has 3 fully saturated rings. The second-order valence-corrected chi connectivity index (χ2v) is 8.29. The lowest BCUT2D eigenvalue weighted by Crippen LogP contribution is -2.41. The molecule has 0 unspecified atom stereocenters. The Morgan fingerprint density at radius 3 is 2.96 bits per heavy atom. The zero-order chi connectivity index (χ0) is 19.7. The van der Waals surface area contributed by atoms with Crippen molar-refractivity contribution < 1.29 is 14.3 Å². The third-order valence-electron chi connectivity index (χ3n) is 6.60. The van der Waals surface area contributed by atoms with Gasteiger partial charge >= 0.3 is 6.03 Å². The topological polar surface area (TPSA) is 88.5 Å². The second kappa shape index (κ2) is 7.73. The predicted molar refractivity (Wildman–Crippen MR) is 104 cm³/mol. The Morgan fingerprint density at radius 2 is 2.21 bits per heavy atom. The summed E-state index contributed by atoms with van der Waals surface area (Å²) in [5.41, 5.74) is 0.374. The molecule has 4 atom stereocenters. The van der Waals surface area contributed by atoms with Gasteiger partial charge in [-0.1, -0.05) is 13.3 Å². The van der Waals surface area contributed by atoms with E-state index in [0.717, 1.165) is 38.8 Å². The minimum atomic E-state index is -0.213. The molecule has 1 aromatic rings. The number of nitrogens with one attached hydrogen (secondary N) is 2. The highest BCUT2D eigenvalue weighted by Crippen LogP contribution is 2.54. The SMILES string of the molecule is CCCCNC(=O)N1C[C@@H]2[C@H](CNC(=O)c3cnn(CC)c3)[C@H]3CC[C@]2(C1)O3. The molecular formula is C20H31N5O3. The molecule has 0 aromatic carbocycles. The quantitative estimate of drug-likeness (QED) is 0.694. The number of urea groups is 1. The molecular weight excluding hydrogens is 358 g/mol. The maximum absolute atomic E-state index is 12.5. The summed E-state index contributed by atoms with van der Waals surface area (Å²) in [5, 5.41) is 10.2. The van der Waals surface area contributed by atoms with Crippen molar-refractivity contribution in [3.63, 3.8) is 0 Å². The number of unbranched alkanes of at least 4 members (excludes halogenated alkanes) is 1. The van der Waals surface area contributed by atoms with Crippen LogP contribution in [-0.2, 0) is 11.3 Å². The Balaban J connectivity index is 1.35. The standard InChI is InChI=1S/C20H31N5O3/c1-3-5-8-21-19(27)24-12-16-15(17-6-7-20(16,13-24)28-17)10-22-18(26)14-9-23-25(4-2)11-14/h9,11,15-17H,3-8,10,12-13H2,1-2H3,(H,21,27)(H,22,26)/t15-,16+,17+,20+/m0/s1. The highest BCUT2D eigenvalue weighted by molar-refractivity contribution is 5.93. The van der Waals surface area contributed by atoms with E-state index in [9.17, 15) is 9.59 Å². The van der Waals surface area contributed by atoms with Gasteiger partial charge in [0.05, 0.1) is 30.0 Å². The van der Waals surface area contributed by atoms with Crippen molar-refractivity contribution in [1.29, 1.82) is 0 Å². The van der Waals surface area contributed by atoms with Crippen molar-refractivity contribution in [2.75, 3.05) is 26.2 Å². The largest absolute Gasteiger partial charge is 0.369 e. The van der Waals surface area contributed by atoms with Gasteiger partial charge in [0.15, 0.2) is 0 Å². The summed E-state index contributed by atoms with van der Waals surface area (Å²) >= 11 is 0. The van der Waals surface area contributed by atoms with Gasteiger partial charge in [0.25, 0.3) is 5.91 Å². The molecule has 1 aromatic heterocycles. The molecule has 154 valence electrons. The number of aromatic nitrogens is 2. The maximum Gasteiger partial charge on any atom is 0.317 e.